The molecule has 0 bridgehead atoms. The molecule has 6 nitrogen and oxygen atoms in total. The minimum absolute atomic E-state index is 0. The van der Waals surface area contributed by atoms with Gasteiger partial charge in [-0.3, -0.25) is 15.1 Å². The molecule has 124 valence electrons. The van der Waals surface area contributed by atoms with Crippen LogP contribution in [0.15, 0.2) is 46.8 Å². The fourth-order valence-corrected chi connectivity index (χ4v) is 2.65. The molecular weight excluding hydrogens is 427 g/mol. The number of hydrogen-bond acceptors (Lipinski definition) is 4. The second-order valence-corrected chi connectivity index (χ2v) is 5.64. The molecule has 0 amide bonds. The number of halogens is 1. The van der Waals surface area contributed by atoms with E-state index >= 15 is 0 Å². The van der Waals surface area contributed by atoms with Gasteiger partial charge in [-0.2, -0.15) is 0 Å². The predicted octanol–water partition coefficient (Wildman–Crippen LogP) is 3.18. The summed E-state index contributed by atoms with van der Waals surface area (Å²) in [6.45, 7) is 1.27. The molecular formula is C15H19IN4O2S. The third kappa shape index (κ3) is 6.53. The van der Waals surface area contributed by atoms with Gasteiger partial charge in [0, 0.05) is 37.1 Å². The Morgan fingerprint density at radius 3 is 2.78 bits per heavy atom. The van der Waals surface area contributed by atoms with Gasteiger partial charge in [-0.1, -0.05) is 18.2 Å². The Kier molecular flexibility index (Phi) is 8.56. The number of rotatable bonds is 6. The van der Waals surface area contributed by atoms with E-state index in [1.54, 1.807) is 30.5 Å². The highest BCUT2D eigenvalue weighted by Crippen LogP contribution is 2.12. The van der Waals surface area contributed by atoms with E-state index in [1.165, 1.54) is 10.9 Å². The zero-order valence-corrected chi connectivity index (χ0v) is 15.8. The molecule has 8 heteroatoms. The molecule has 0 saturated carbocycles. The second kappa shape index (κ2) is 10.2. The molecule has 1 aromatic heterocycles. The summed E-state index contributed by atoms with van der Waals surface area (Å²) < 4.78 is 0. The number of nitrogens with zero attached hydrogens (tertiary/aromatic N) is 2. The Balaban J connectivity index is 0.00000264. The summed E-state index contributed by atoms with van der Waals surface area (Å²) in [7, 11) is 1.70. The minimum Gasteiger partial charge on any atom is -0.356 e. The Morgan fingerprint density at radius 1 is 1.30 bits per heavy atom. The summed E-state index contributed by atoms with van der Waals surface area (Å²) in [5.74, 6) is 0.683. The fourth-order valence-electron chi connectivity index (χ4n) is 1.95. The van der Waals surface area contributed by atoms with E-state index < -0.39 is 4.92 Å². The summed E-state index contributed by atoms with van der Waals surface area (Å²) in [6.07, 6.45) is 0.940. The molecule has 0 unspecified atom stereocenters. The van der Waals surface area contributed by atoms with Crippen molar-refractivity contribution in [2.24, 2.45) is 4.99 Å². The van der Waals surface area contributed by atoms with Crippen LogP contribution >= 0.6 is 35.3 Å². The van der Waals surface area contributed by atoms with Gasteiger partial charge in [-0.25, -0.2) is 0 Å². The summed E-state index contributed by atoms with van der Waals surface area (Å²) in [4.78, 5) is 15.8. The van der Waals surface area contributed by atoms with Gasteiger partial charge >= 0.3 is 0 Å². The fraction of sp³-hybridized carbons (Fsp3) is 0.267. The maximum atomic E-state index is 10.8. The highest BCUT2D eigenvalue weighted by atomic mass is 127. The normalized spacial score (nSPS) is 10.7. The van der Waals surface area contributed by atoms with Crippen molar-refractivity contribution < 1.29 is 4.92 Å². The zero-order valence-electron chi connectivity index (χ0n) is 12.7. The van der Waals surface area contributed by atoms with Gasteiger partial charge in [-0.05, 0) is 23.4 Å². The average molecular weight is 446 g/mol. The van der Waals surface area contributed by atoms with Crippen molar-refractivity contribution in [3.8, 4) is 0 Å². The SMILES string of the molecule is CN=C(NCCc1cccs1)NCc1cccc([N+](=O)[O-])c1.I. The molecule has 23 heavy (non-hydrogen) atoms. The van der Waals surface area contributed by atoms with Gasteiger partial charge in [0.05, 0.1) is 4.92 Å². The molecule has 0 fully saturated rings. The first-order chi connectivity index (χ1) is 10.7. The number of nitro benzene ring substituents is 1. The lowest BCUT2D eigenvalue weighted by Gasteiger charge is -2.11. The molecule has 0 spiro atoms. The van der Waals surface area contributed by atoms with Gasteiger partial charge in [-0.15, -0.1) is 35.3 Å². The van der Waals surface area contributed by atoms with Gasteiger partial charge in [0.1, 0.15) is 0 Å². The van der Waals surface area contributed by atoms with Crippen molar-refractivity contribution in [1.29, 1.82) is 0 Å². The second-order valence-electron chi connectivity index (χ2n) is 4.61. The first-order valence-electron chi connectivity index (χ1n) is 6.89. The van der Waals surface area contributed by atoms with Crippen molar-refractivity contribution in [2.75, 3.05) is 13.6 Å². The summed E-state index contributed by atoms with van der Waals surface area (Å²) >= 11 is 1.73. The van der Waals surface area contributed by atoms with Crippen LogP contribution in [0.25, 0.3) is 0 Å². The number of aliphatic imine (C=N–C) groups is 1. The van der Waals surface area contributed by atoms with Crippen molar-refractivity contribution in [3.63, 3.8) is 0 Å². The molecule has 0 aliphatic carbocycles. The van der Waals surface area contributed by atoms with Crippen LogP contribution in [0.5, 0.6) is 0 Å². The van der Waals surface area contributed by atoms with E-state index in [9.17, 15) is 10.1 Å². The van der Waals surface area contributed by atoms with Crippen LogP contribution in [0.2, 0.25) is 0 Å². The number of guanidine groups is 1. The molecule has 0 radical (unpaired) electrons. The van der Waals surface area contributed by atoms with E-state index in [0.29, 0.717) is 12.5 Å². The Bertz CT molecular complexity index is 647. The van der Waals surface area contributed by atoms with Crippen LogP contribution in [-0.4, -0.2) is 24.5 Å². The number of thiophene rings is 1. The first kappa shape index (κ1) is 19.4. The third-order valence-electron chi connectivity index (χ3n) is 3.05. The monoisotopic (exact) mass is 446 g/mol. The lowest BCUT2D eigenvalue weighted by atomic mass is 10.2. The van der Waals surface area contributed by atoms with Gasteiger partial charge < -0.3 is 10.6 Å². The lowest BCUT2D eigenvalue weighted by molar-refractivity contribution is -0.384. The Morgan fingerprint density at radius 2 is 2.13 bits per heavy atom. The van der Waals surface area contributed by atoms with Crippen molar-refractivity contribution in [1.82, 2.24) is 10.6 Å². The van der Waals surface area contributed by atoms with Crippen molar-refractivity contribution in [3.05, 3.63) is 62.3 Å². The lowest BCUT2D eigenvalue weighted by Crippen LogP contribution is -2.37. The summed E-state index contributed by atoms with van der Waals surface area (Å²) in [5.41, 5.74) is 0.940. The molecule has 1 aromatic carbocycles. The van der Waals surface area contributed by atoms with E-state index in [1.807, 2.05) is 12.1 Å². The Labute approximate surface area is 156 Å². The molecule has 0 atom stereocenters. The summed E-state index contributed by atoms with van der Waals surface area (Å²) in [6, 6.07) is 10.7. The van der Waals surface area contributed by atoms with Crippen LogP contribution in [0.4, 0.5) is 5.69 Å². The van der Waals surface area contributed by atoms with E-state index in [4.69, 9.17) is 0 Å². The first-order valence-corrected chi connectivity index (χ1v) is 7.77. The van der Waals surface area contributed by atoms with Crippen LogP contribution in [0.3, 0.4) is 0 Å². The molecule has 1 heterocycles. The van der Waals surface area contributed by atoms with Gasteiger partial charge in [0.2, 0.25) is 0 Å². The standard InChI is InChI=1S/C15H18N4O2S.HI/c1-16-15(17-8-7-14-6-3-9-22-14)18-11-12-4-2-5-13(10-12)19(20)21;/h2-6,9-10H,7-8,11H2,1H3,(H2,16,17,18);1H. The minimum atomic E-state index is -0.391. The quantitative estimate of drug-likeness (QED) is 0.235. The van der Waals surface area contributed by atoms with Gasteiger partial charge in [0.25, 0.3) is 5.69 Å². The Hall–Kier alpha value is -1.68. The van der Waals surface area contributed by atoms with Crippen molar-refractivity contribution >= 4 is 47.0 Å². The van der Waals surface area contributed by atoms with E-state index in [-0.39, 0.29) is 29.7 Å². The highest BCUT2D eigenvalue weighted by molar-refractivity contribution is 14.0. The molecule has 0 saturated heterocycles. The van der Waals surface area contributed by atoms with Crippen LogP contribution in [-0.2, 0) is 13.0 Å². The number of nitrogens with one attached hydrogen (secondary N) is 2. The van der Waals surface area contributed by atoms with Crippen LogP contribution < -0.4 is 10.6 Å². The molecule has 0 aliphatic heterocycles. The third-order valence-corrected chi connectivity index (χ3v) is 3.99. The number of non-ortho nitro benzene ring substituents is 1. The topological polar surface area (TPSA) is 79.6 Å². The zero-order chi connectivity index (χ0) is 15.8. The van der Waals surface area contributed by atoms with Crippen LogP contribution in [0.1, 0.15) is 10.4 Å². The van der Waals surface area contributed by atoms with Crippen LogP contribution in [0, 0.1) is 10.1 Å². The maximum Gasteiger partial charge on any atom is 0.269 e. The molecule has 0 aliphatic rings. The summed E-state index contributed by atoms with van der Waals surface area (Å²) in [5, 5.41) is 19.2. The highest BCUT2D eigenvalue weighted by Gasteiger charge is 2.06. The maximum absolute atomic E-state index is 10.8. The predicted molar refractivity (Wildman–Crippen MR) is 105 cm³/mol. The van der Waals surface area contributed by atoms with Crippen molar-refractivity contribution in [2.45, 2.75) is 13.0 Å². The smallest absolute Gasteiger partial charge is 0.269 e. The molecule has 2 aromatic rings. The molecule has 2 rings (SSSR count). The van der Waals surface area contributed by atoms with E-state index in [0.717, 1.165) is 18.5 Å². The number of hydrogen-bond donors (Lipinski definition) is 2. The number of benzene rings is 1. The number of nitro groups is 1. The average Bonchev–Trinajstić information content (AvgIpc) is 3.04. The largest absolute Gasteiger partial charge is 0.356 e. The van der Waals surface area contributed by atoms with E-state index in [2.05, 4.69) is 27.1 Å². The molecule has 2 N–H and O–H groups in total. The van der Waals surface area contributed by atoms with Gasteiger partial charge in [0.15, 0.2) is 5.96 Å².